The van der Waals surface area contributed by atoms with Crippen LogP contribution in [0.3, 0.4) is 0 Å². The van der Waals surface area contributed by atoms with Gasteiger partial charge in [-0.2, -0.15) is 0 Å². The highest BCUT2D eigenvalue weighted by molar-refractivity contribution is 7.88. The lowest BCUT2D eigenvalue weighted by molar-refractivity contribution is -0.136. The number of aryl methyl sites for hydroxylation is 1. The lowest BCUT2D eigenvalue weighted by Gasteiger charge is -2.29. The number of rotatable bonds is 14. The van der Waals surface area contributed by atoms with E-state index in [0.29, 0.717) is 12.0 Å². The number of β-amino-alcohol motifs (C(OH)–C–C–N with tert-alkyl or cyclic N) is 1. The normalized spacial score (nSPS) is 13.0. The van der Waals surface area contributed by atoms with Gasteiger partial charge < -0.3 is 15.5 Å². The number of sulfonamides is 1. The first-order chi connectivity index (χ1) is 19.9. The molecule has 0 fully saturated rings. The number of likely N-dealkylation sites (N-methyl/N-ethyl adjacent to an activating group) is 1. The third kappa shape index (κ3) is 8.97. The van der Waals surface area contributed by atoms with Gasteiger partial charge in [-0.3, -0.25) is 4.79 Å². The summed E-state index contributed by atoms with van der Waals surface area (Å²) < 4.78 is 27.3. The molecule has 0 amide bonds. The van der Waals surface area contributed by atoms with Crippen molar-refractivity contribution in [1.82, 2.24) is 9.62 Å². The molecule has 0 aliphatic rings. The zero-order valence-corrected chi connectivity index (χ0v) is 25.3. The van der Waals surface area contributed by atoms with E-state index in [1.165, 1.54) is 27.7 Å². The molecule has 4 aromatic rings. The summed E-state index contributed by atoms with van der Waals surface area (Å²) in [7, 11) is -2.13. The van der Waals surface area contributed by atoms with E-state index in [1.54, 1.807) is 12.1 Å². The fourth-order valence-electron chi connectivity index (χ4n) is 5.02. The lowest BCUT2D eigenvalue weighted by Crippen LogP contribution is -2.47. The number of hydrogen-bond donors (Lipinski definition) is 3. The highest BCUT2D eigenvalue weighted by Crippen LogP contribution is 2.23. The number of aliphatic carboxylic acids is 1. The lowest BCUT2D eigenvalue weighted by atomic mass is 9.93. The minimum absolute atomic E-state index is 0.00625. The zero-order chi connectivity index (χ0) is 30.3. The maximum absolute atomic E-state index is 13.0. The predicted octanol–water partition coefficient (Wildman–Crippen LogP) is 5.26. The molecule has 0 saturated carbocycles. The maximum Gasteiger partial charge on any atom is 0.303 e. The van der Waals surface area contributed by atoms with Crippen LogP contribution in [-0.4, -0.2) is 60.7 Å². The summed E-state index contributed by atoms with van der Waals surface area (Å²) >= 11 is 0. The Hall–Kier alpha value is -3.56. The second kappa shape index (κ2) is 13.6. The third-order valence-electron chi connectivity index (χ3n) is 7.44. The van der Waals surface area contributed by atoms with Crippen molar-refractivity contribution in [3.63, 3.8) is 0 Å². The van der Waals surface area contributed by atoms with Crippen molar-refractivity contribution in [2.24, 2.45) is 0 Å². The molecule has 1 atom stereocenters. The number of carbonyl (C=O) groups is 1. The second-order valence-corrected chi connectivity index (χ2v) is 13.7. The van der Waals surface area contributed by atoms with Crippen LogP contribution in [0.2, 0.25) is 0 Å². The third-order valence-corrected chi connectivity index (χ3v) is 9.23. The van der Waals surface area contributed by atoms with Gasteiger partial charge in [0.1, 0.15) is 0 Å². The predicted molar refractivity (Wildman–Crippen MR) is 169 cm³/mol. The molecule has 8 heteroatoms. The quantitative estimate of drug-likeness (QED) is 0.186. The number of benzene rings is 4. The van der Waals surface area contributed by atoms with Crippen molar-refractivity contribution in [3.8, 4) is 11.1 Å². The number of nitrogens with zero attached hydrogens (tertiary/aromatic N) is 1. The van der Waals surface area contributed by atoms with E-state index < -0.39 is 22.1 Å². The zero-order valence-electron chi connectivity index (χ0n) is 24.5. The molecule has 222 valence electrons. The molecule has 0 saturated heterocycles. The number of carboxylic acids is 1. The largest absolute Gasteiger partial charge is 0.481 e. The van der Waals surface area contributed by atoms with Gasteiger partial charge in [0.25, 0.3) is 0 Å². The van der Waals surface area contributed by atoms with Crippen molar-refractivity contribution in [3.05, 3.63) is 108 Å². The average Bonchev–Trinajstić information content (AvgIpc) is 2.95. The minimum atomic E-state index is -3.63. The average molecular weight is 589 g/mol. The number of nitrogens with one attached hydrogen (secondary N) is 1. The Kier molecular flexibility index (Phi) is 10.2. The number of aliphatic hydroxyl groups is 1. The first kappa shape index (κ1) is 31.4. The molecule has 0 heterocycles. The topological polar surface area (TPSA) is 107 Å². The summed E-state index contributed by atoms with van der Waals surface area (Å²) in [5.41, 5.74) is 4.44. The Balaban J connectivity index is 1.27. The van der Waals surface area contributed by atoms with Crippen LogP contribution in [0, 0.1) is 0 Å². The highest BCUT2D eigenvalue weighted by atomic mass is 32.2. The summed E-state index contributed by atoms with van der Waals surface area (Å²) in [5.74, 6) is -0.982. The van der Waals surface area contributed by atoms with Gasteiger partial charge >= 0.3 is 5.97 Å². The van der Waals surface area contributed by atoms with E-state index in [-0.39, 0.29) is 30.8 Å². The van der Waals surface area contributed by atoms with E-state index >= 15 is 0 Å². The van der Waals surface area contributed by atoms with Crippen LogP contribution in [0.1, 0.15) is 37.0 Å². The van der Waals surface area contributed by atoms with Gasteiger partial charge in [0, 0.05) is 32.1 Å². The standard InChI is InChI=1S/C34H40N2O5S/c1-34(2,21-27-12-18-28-6-4-5-7-31(28)20-27)35-22-32(37)23-36(3)42(40,41)24-26-10-16-30(17-11-26)29-14-8-25(9-15-29)13-19-33(38)39/h4-12,14-18,20,32,35,37H,13,19,21-24H2,1-3H3,(H,38,39)/t32-/m1/s1. The Bertz CT molecular complexity index is 1600. The van der Waals surface area contributed by atoms with Crippen LogP contribution in [0.5, 0.6) is 0 Å². The summed E-state index contributed by atoms with van der Waals surface area (Å²) in [4.78, 5) is 10.8. The van der Waals surface area contributed by atoms with Crippen LogP contribution < -0.4 is 5.32 Å². The molecule has 3 N–H and O–H groups in total. The van der Waals surface area contributed by atoms with E-state index in [0.717, 1.165) is 23.1 Å². The van der Waals surface area contributed by atoms with Gasteiger partial charge in [0.2, 0.25) is 10.0 Å². The molecule has 4 rings (SSSR count). The van der Waals surface area contributed by atoms with Gasteiger partial charge in [-0.15, -0.1) is 0 Å². The fourth-order valence-corrected chi connectivity index (χ4v) is 6.25. The molecule has 42 heavy (non-hydrogen) atoms. The molecular weight excluding hydrogens is 548 g/mol. The molecule has 0 spiro atoms. The van der Waals surface area contributed by atoms with E-state index in [2.05, 4.69) is 49.5 Å². The number of carboxylic acid groups (broad SMARTS) is 1. The van der Waals surface area contributed by atoms with Crippen LogP contribution in [0.15, 0.2) is 91.0 Å². The molecule has 4 aromatic carbocycles. The minimum Gasteiger partial charge on any atom is -0.481 e. The van der Waals surface area contributed by atoms with Crippen LogP contribution in [0.4, 0.5) is 0 Å². The van der Waals surface area contributed by atoms with Gasteiger partial charge in [0.15, 0.2) is 0 Å². The molecular formula is C34H40N2O5S. The van der Waals surface area contributed by atoms with Crippen molar-refractivity contribution < 1.29 is 23.4 Å². The molecule has 0 radical (unpaired) electrons. The van der Waals surface area contributed by atoms with Crippen LogP contribution in [0.25, 0.3) is 21.9 Å². The summed E-state index contributed by atoms with van der Waals surface area (Å²) in [5, 5.41) is 25.3. The van der Waals surface area contributed by atoms with Crippen LogP contribution >= 0.6 is 0 Å². The molecule has 0 aromatic heterocycles. The first-order valence-electron chi connectivity index (χ1n) is 14.1. The van der Waals surface area contributed by atoms with Crippen molar-refractivity contribution in [2.45, 2.75) is 50.5 Å². The number of aliphatic hydroxyl groups excluding tert-OH is 1. The summed E-state index contributed by atoms with van der Waals surface area (Å²) in [6.45, 7) is 4.41. The van der Waals surface area contributed by atoms with Gasteiger partial charge in [0.05, 0.1) is 11.9 Å². The van der Waals surface area contributed by atoms with Gasteiger partial charge in [-0.1, -0.05) is 91.0 Å². The Morgan fingerprint density at radius 2 is 1.43 bits per heavy atom. The second-order valence-electron chi connectivity index (χ2n) is 11.6. The Morgan fingerprint density at radius 1 is 0.857 bits per heavy atom. The molecule has 7 nitrogen and oxygen atoms in total. The van der Waals surface area contributed by atoms with Crippen LogP contribution in [-0.2, 0) is 33.4 Å². The molecule has 0 aliphatic heterocycles. The molecule has 0 aliphatic carbocycles. The Morgan fingerprint density at radius 3 is 2.05 bits per heavy atom. The van der Waals surface area contributed by atoms with E-state index in [4.69, 9.17) is 5.11 Å². The maximum atomic E-state index is 13.0. The summed E-state index contributed by atoms with van der Waals surface area (Å²) in [6, 6.07) is 29.7. The van der Waals surface area contributed by atoms with Gasteiger partial charge in [-0.25, -0.2) is 12.7 Å². The Labute approximate surface area is 248 Å². The smallest absolute Gasteiger partial charge is 0.303 e. The van der Waals surface area contributed by atoms with Gasteiger partial charge in [-0.05, 0) is 65.3 Å². The number of hydrogen-bond acceptors (Lipinski definition) is 5. The molecule has 0 unspecified atom stereocenters. The van der Waals surface area contributed by atoms with Crippen molar-refractivity contribution >= 4 is 26.8 Å². The SMILES string of the molecule is CN(C[C@H](O)CNC(C)(C)Cc1ccc2ccccc2c1)S(=O)(=O)Cc1ccc(-c2ccc(CCC(=O)O)cc2)cc1. The van der Waals surface area contributed by atoms with E-state index in [1.807, 2.05) is 48.5 Å². The first-order valence-corrected chi connectivity index (χ1v) is 15.8. The summed E-state index contributed by atoms with van der Waals surface area (Å²) in [6.07, 6.45) is 0.479. The highest BCUT2D eigenvalue weighted by Gasteiger charge is 2.24. The monoisotopic (exact) mass is 588 g/mol. The number of fused-ring (bicyclic) bond motifs is 1. The fraction of sp³-hybridized carbons (Fsp3) is 0.324. The van der Waals surface area contributed by atoms with E-state index in [9.17, 15) is 18.3 Å². The van der Waals surface area contributed by atoms with Crippen molar-refractivity contribution in [2.75, 3.05) is 20.1 Å². The molecule has 0 bridgehead atoms. The van der Waals surface area contributed by atoms with Crippen molar-refractivity contribution in [1.29, 1.82) is 0 Å².